The van der Waals surface area contributed by atoms with Gasteiger partial charge in [-0.15, -0.1) is 0 Å². The number of hydrogen-bond donors (Lipinski definition) is 2. The van der Waals surface area contributed by atoms with Crippen LogP contribution in [0.4, 0.5) is 0 Å². The fourth-order valence-electron chi connectivity index (χ4n) is 3.31. The van der Waals surface area contributed by atoms with Crippen LogP contribution in [0.15, 0.2) is 23.0 Å². The van der Waals surface area contributed by atoms with E-state index in [4.69, 9.17) is 22.1 Å². The highest BCUT2D eigenvalue weighted by Gasteiger charge is 2.30. The number of carbonyl (C=O) groups is 2. The summed E-state index contributed by atoms with van der Waals surface area (Å²) in [4.78, 5) is 41.0. The zero-order valence-corrected chi connectivity index (χ0v) is 16.7. The molecular weight excluding hydrogens is 382 g/mol. The number of carbonyl (C=O) groups excluding carboxylic acids is 2. The maximum atomic E-state index is 13.1. The summed E-state index contributed by atoms with van der Waals surface area (Å²) in [7, 11) is 0. The third-order valence-electron chi connectivity index (χ3n) is 4.89. The predicted molar refractivity (Wildman–Crippen MR) is 106 cm³/mol. The molecular formula is C20H22ClN3O4. The van der Waals surface area contributed by atoms with Crippen molar-refractivity contribution in [3.63, 3.8) is 0 Å². The molecule has 28 heavy (non-hydrogen) atoms. The molecule has 1 aromatic carbocycles. The van der Waals surface area contributed by atoms with Gasteiger partial charge in [-0.05, 0) is 50.5 Å². The van der Waals surface area contributed by atoms with Gasteiger partial charge in [-0.2, -0.15) is 0 Å². The van der Waals surface area contributed by atoms with Crippen LogP contribution in [0, 0.1) is 13.8 Å². The van der Waals surface area contributed by atoms with Crippen LogP contribution in [0.1, 0.15) is 39.7 Å². The molecule has 1 aliphatic rings. The molecule has 0 radical (unpaired) electrons. The molecule has 7 nitrogen and oxygen atoms in total. The van der Waals surface area contributed by atoms with Crippen molar-refractivity contribution in [2.75, 3.05) is 6.54 Å². The van der Waals surface area contributed by atoms with E-state index in [0.29, 0.717) is 24.1 Å². The van der Waals surface area contributed by atoms with Gasteiger partial charge in [-0.1, -0.05) is 17.7 Å². The van der Waals surface area contributed by atoms with Gasteiger partial charge in [-0.25, -0.2) is 0 Å². The summed E-state index contributed by atoms with van der Waals surface area (Å²) in [5.41, 5.74) is 8.33. The molecule has 8 heteroatoms. The second-order valence-corrected chi connectivity index (χ2v) is 7.37. The molecule has 1 aliphatic heterocycles. The maximum absolute atomic E-state index is 13.1. The number of nitrogens with one attached hydrogen (secondary N) is 1. The van der Waals surface area contributed by atoms with Gasteiger partial charge in [-0.3, -0.25) is 14.4 Å². The van der Waals surface area contributed by atoms with Crippen molar-refractivity contribution < 1.29 is 14.3 Å². The Morgan fingerprint density at radius 3 is 2.71 bits per heavy atom. The maximum Gasteiger partial charge on any atom is 0.258 e. The van der Waals surface area contributed by atoms with Gasteiger partial charge in [0, 0.05) is 17.8 Å². The molecule has 2 heterocycles. The van der Waals surface area contributed by atoms with E-state index in [1.165, 1.54) is 6.92 Å². The minimum absolute atomic E-state index is 0.148. The molecule has 3 N–H and O–H groups in total. The first-order valence-corrected chi connectivity index (χ1v) is 9.33. The van der Waals surface area contributed by atoms with Crippen molar-refractivity contribution in [1.29, 1.82) is 0 Å². The van der Waals surface area contributed by atoms with Crippen LogP contribution in [0.5, 0.6) is 5.75 Å². The van der Waals surface area contributed by atoms with E-state index in [2.05, 4.69) is 4.98 Å². The Labute approximate surface area is 167 Å². The van der Waals surface area contributed by atoms with Gasteiger partial charge < -0.3 is 20.4 Å². The average Bonchev–Trinajstić information content (AvgIpc) is 2.61. The smallest absolute Gasteiger partial charge is 0.258 e. The van der Waals surface area contributed by atoms with Crippen molar-refractivity contribution in [2.45, 2.75) is 39.8 Å². The zero-order chi connectivity index (χ0) is 20.6. The van der Waals surface area contributed by atoms with Gasteiger partial charge in [0.25, 0.3) is 17.4 Å². The highest BCUT2D eigenvalue weighted by molar-refractivity contribution is 6.35. The van der Waals surface area contributed by atoms with Gasteiger partial charge in [0.1, 0.15) is 5.75 Å². The number of aromatic nitrogens is 1. The molecule has 148 valence electrons. The number of fused-ring (bicyclic) bond motifs is 1. The summed E-state index contributed by atoms with van der Waals surface area (Å²) in [6, 6.07) is 5.28. The fraction of sp³-hybridized carbons (Fsp3) is 0.350. The number of rotatable bonds is 5. The third-order valence-corrected chi connectivity index (χ3v) is 5.27. The summed E-state index contributed by atoms with van der Waals surface area (Å²) in [5.74, 6) is -0.676. The number of amides is 2. The number of pyridine rings is 1. The number of H-pyrrole nitrogens is 1. The van der Waals surface area contributed by atoms with Gasteiger partial charge in [0.2, 0.25) is 0 Å². The van der Waals surface area contributed by atoms with Crippen molar-refractivity contribution in [1.82, 2.24) is 9.88 Å². The van der Waals surface area contributed by atoms with Crippen LogP contribution in [0.2, 0.25) is 5.02 Å². The van der Waals surface area contributed by atoms with Crippen molar-refractivity contribution in [3.8, 4) is 5.75 Å². The van der Waals surface area contributed by atoms with Crippen molar-refractivity contribution in [3.05, 3.63) is 61.5 Å². The molecule has 0 saturated carbocycles. The largest absolute Gasteiger partial charge is 0.479 e. The SMILES string of the molecule is Cc1cc(C)c(CN2CCc3ccc(OC(C)C(N)=O)c(Cl)c3C2=O)c(=O)[nH]1. The fourth-order valence-corrected chi connectivity index (χ4v) is 3.62. The number of halogens is 1. The normalized spacial score (nSPS) is 14.6. The first kappa shape index (κ1) is 19.9. The van der Waals surface area contributed by atoms with Crippen molar-refractivity contribution >= 4 is 23.4 Å². The monoisotopic (exact) mass is 403 g/mol. The highest BCUT2D eigenvalue weighted by Crippen LogP contribution is 2.35. The standard InChI is InChI=1S/C20H22ClN3O4/c1-10-8-11(2)23-19(26)14(10)9-24-7-6-13-4-5-15(28-12(3)18(22)25)17(21)16(13)20(24)27/h4-5,8,12H,6-7,9H2,1-3H3,(H2,22,25)(H,23,26). The lowest BCUT2D eigenvalue weighted by Gasteiger charge is -2.30. The molecule has 0 spiro atoms. The predicted octanol–water partition coefficient (Wildman–Crippen LogP) is 2.10. The van der Waals surface area contributed by atoms with Crippen LogP contribution in [-0.2, 0) is 17.8 Å². The Hall–Kier alpha value is -2.80. The minimum Gasteiger partial charge on any atom is -0.479 e. The molecule has 0 fully saturated rings. The lowest BCUT2D eigenvalue weighted by molar-refractivity contribution is -0.123. The number of nitrogens with two attached hydrogens (primary N) is 1. The van der Waals surface area contributed by atoms with Gasteiger partial charge >= 0.3 is 0 Å². The van der Waals surface area contributed by atoms with Crippen LogP contribution >= 0.6 is 11.6 Å². The molecule has 0 aliphatic carbocycles. The third kappa shape index (κ3) is 3.75. The van der Waals surface area contributed by atoms with Crippen LogP contribution < -0.4 is 16.0 Å². The first-order chi connectivity index (χ1) is 13.2. The van der Waals surface area contributed by atoms with Crippen molar-refractivity contribution in [2.24, 2.45) is 5.73 Å². The first-order valence-electron chi connectivity index (χ1n) is 8.95. The van der Waals surface area contributed by atoms with Gasteiger partial charge in [0.15, 0.2) is 6.10 Å². The number of aryl methyl sites for hydroxylation is 2. The van der Waals surface area contributed by atoms with E-state index in [1.54, 1.807) is 17.0 Å². The molecule has 1 atom stereocenters. The lowest BCUT2D eigenvalue weighted by atomic mass is 9.97. The van der Waals surface area contributed by atoms with E-state index in [-0.39, 0.29) is 28.8 Å². The number of ether oxygens (including phenoxy) is 1. The topological polar surface area (TPSA) is 105 Å². The number of hydrogen-bond acceptors (Lipinski definition) is 4. The molecule has 0 saturated heterocycles. The minimum atomic E-state index is -0.876. The molecule has 0 bridgehead atoms. The second kappa shape index (κ2) is 7.67. The summed E-state index contributed by atoms with van der Waals surface area (Å²) in [5, 5.41) is 0.148. The molecule has 1 unspecified atom stereocenters. The Morgan fingerprint density at radius 1 is 1.36 bits per heavy atom. The van der Waals surface area contributed by atoms with E-state index in [1.807, 2.05) is 19.9 Å². The molecule has 2 aromatic rings. The Bertz CT molecular complexity index is 1020. The summed E-state index contributed by atoms with van der Waals surface area (Å²) in [6.07, 6.45) is -0.269. The number of primary amides is 1. The lowest BCUT2D eigenvalue weighted by Crippen LogP contribution is -2.39. The Balaban J connectivity index is 1.92. The molecule has 3 rings (SSSR count). The van der Waals surface area contributed by atoms with E-state index >= 15 is 0 Å². The molecule has 1 aromatic heterocycles. The number of nitrogens with zero attached hydrogens (tertiary/aromatic N) is 1. The number of aromatic amines is 1. The average molecular weight is 404 g/mol. The summed E-state index contributed by atoms with van der Waals surface area (Å²) in [6.45, 7) is 5.85. The Kier molecular flexibility index (Phi) is 5.47. The van der Waals surface area contributed by atoms with E-state index in [0.717, 1.165) is 16.8 Å². The van der Waals surface area contributed by atoms with E-state index < -0.39 is 12.0 Å². The zero-order valence-electron chi connectivity index (χ0n) is 16.0. The van der Waals surface area contributed by atoms with E-state index in [9.17, 15) is 14.4 Å². The molecule has 2 amide bonds. The van der Waals surface area contributed by atoms with Crippen LogP contribution in [0.3, 0.4) is 0 Å². The highest BCUT2D eigenvalue weighted by atomic mass is 35.5. The summed E-state index contributed by atoms with van der Waals surface area (Å²) < 4.78 is 5.49. The summed E-state index contributed by atoms with van der Waals surface area (Å²) >= 11 is 6.43. The second-order valence-electron chi connectivity index (χ2n) is 6.99. The van der Waals surface area contributed by atoms with Gasteiger partial charge in [0.05, 0.1) is 17.1 Å². The quantitative estimate of drug-likeness (QED) is 0.797. The Morgan fingerprint density at radius 2 is 2.07 bits per heavy atom. The van der Waals surface area contributed by atoms with Crippen LogP contribution in [0.25, 0.3) is 0 Å². The number of benzene rings is 1. The van der Waals surface area contributed by atoms with Crippen LogP contribution in [-0.4, -0.2) is 34.3 Å².